The fraction of sp³-hybridized carbons (Fsp3) is 0.143. The number of halogens is 1. The van der Waals surface area contributed by atoms with Crippen molar-refractivity contribution in [2.75, 3.05) is 0 Å². The van der Waals surface area contributed by atoms with Crippen LogP contribution in [0.4, 0.5) is 0 Å². The molecule has 0 amide bonds. The Kier molecular flexibility index (Phi) is 4.63. The minimum Gasteiger partial charge on any atom is -0.287 e. The summed E-state index contributed by atoms with van der Waals surface area (Å²) in [6.45, 7) is 2.41. The summed E-state index contributed by atoms with van der Waals surface area (Å²) in [6, 6.07) is 20.6. The van der Waals surface area contributed by atoms with Crippen LogP contribution in [0.25, 0.3) is 11.1 Å². The van der Waals surface area contributed by atoms with Crippen LogP contribution in [0.3, 0.4) is 0 Å². The normalized spacial score (nSPS) is 11.4. The molecule has 120 valence electrons. The number of hydrogen-bond acceptors (Lipinski definition) is 1. The highest BCUT2D eigenvalue weighted by molar-refractivity contribution is 8.93. The molecule has 0 N–H and O–H groups in total. The van der Waals surface area contributed by atoms with Crippen LogP contribution in [0, 0.1) is 6.92 Å². The monoisotopic (exact) mass is 380 g/mol. The molecule has 1 aliphatic carbocycles. The summed E-state index contributed by atoms with van der Waals surface area (Å²) >= 11 is 0. The third kappa shape index (κ3) is 2.92. The molecule has 3 aromatic rings. The van der Waals surface area contributed by atoms with Crippen molar-refractivity contribution in [2.45, 2.75) is 19.9 Å². The number of rotatable bonds is 3. The van der Waals surface area contributed by atoms with E-state index in [1.54, 1.807) is 0 Å². The molecular weight excluding hydrogens is 362 g/mol. The van der Waals surface area contributed by atoms with Crippen molar-refractivity contribution in [1.82, 2.24) is 0 Å². The van der Waals surface area contributed by atoms with Gasteiger partial charge in [-0.2, -0.15) is 4.57 Å². The lowest BCUT2D eigenvalue weighted by Gasteiger charge is -2.04. The molecule has 0 atom stereocenters. The first-order chi connectivity index (χ1) is 11.2. The number of nitrogens with zero attached hydrogens (tertiary/aromatic N) is 1. The molecule has 0 saturated heterocycles. The Labute approximate surface area is 152 Å². The maximum Gasteiger partial charge on any atom is 0.227 e. The van der Waals surface area contributed by atoms with Gasteiger partial charge in [0.15, 0.2) is 11.9 Å². The van der Waals surface area contributed by atoms with Crippen LogP contribution in [-0.4, -0.2) is 5.78 Å². The number of pyridine rings is 1. The molecule has 0 fully saturated rings. The van der Waals surface area contributed by atoms with Crippen LogP contribution in [0.1, 0.15) is 27.2 Å². The zero-order chi connectivity index (χ0) is 15.8. The SMILES string of the molecule is Br.Cc1cccc[n+]1CC(=O)c1ccc2c(c1)Cc1ccccc1-2. The van der Waals surface area contributed by atoms with Gasteiger partial charge in [0.05, 0.1) is 0 Å². The first-order valence-corrected chi connectivity index (χ1v) is 7.92. The summed E-state index contributed by atoms with van der Waals surface area (Å²) in [6.07, 6.45) is 2.88. The largest absolute Gasteiger partial charge is 0.287 e. The summed E-state index contributed by atoms with van der Waals surface area (Å²) in [4.78, 5) is 12.6. The minimum absolute atomic E-state index is 0. The van der Waals surface area contributed by atoms with E-state index in [1.165, 1.54) is 22.3 Å². The number of carbonyl (C=O) groups excluding carboxylic acids is 1. The van der Waals surface area contributed by atoms with Gasteiger partial charge in [-0.15, -0.1) is 17.0 Å². The number of ketones is 1. The molecule has 0 unspecified atom stereocenters. The Morgan fingerprint density at radius 3 is 2.54 bits per heavy atom. The summed E-state index contributed by atoms with van der Waals surface area (Å²) in [5.41, 5.74) is 7.06. The lowest BCUT2D eigenvalue weighted by Crippen LogP contribution is -2.40. The molecule has 4 rings (SSSR count). The molecule has 1 aliphatic rings. The van der Waals surface area contributed by atoms with Gasteiger partial charge < -0.3 is 0 Å². The van der Waals surface area contributed by atoms with E-state index in [0.29, 0.717) is 6.54 Å². The lowest BCUT2D eigenvalue weighted by atomic mass is 10.0. The number of aromatic nitrogens is 1. The summed E-state index contributed by atoms with van der Waals surface area (Å²) in [7, 11) is 0. The van der Waals surface area contributed by atoms with E-state index in [2.05, 4.69) is 36.4 Å². The first-order valence-electron chi connectivity index (χ1n) is 7.92. The van der Waals surface area contributed by atoms with Crippen molar-refractivity contribution in [2.24, 2.45) is 0 Å². The number of hydrogen-bond donors (Lipinski definition) is 0. The molecule has 24 heavy (non-hydrogen) atoms. The fourth-order valence-corrected chi connectivity index (χ4v) is 3.30. The summed E-state index contributed by atoms with van der Waals surface area (Å²) in [5, 5.41) is 0. The van der Waals surface area contributed by atoms with Gasteiger partial charge in [-0.3, -0.25) is 4.79 Å². The van der Waals surface area contributed by atoms with Gasteiger partial charge in [0.2, 0.25) is 12.3 Å². The van der Waals surface area contributed by atoms with E-state index in [4.69, 9.17) is 0 Å². The van der Waals surface area contributed by atoms with Crippen LogP contribution in [0.2, 0.25) is 0 Å². The van der Waals surface area contributed by atoms with Crippen LogP contribution in [0.5, 0.6) is 0 Å². The Bertz CT molecular complexity index is 917. The average molecular weight is 381 g/mol. The lowest BCUT2D eigenvalue weighted by molar-refractivity contribution is -0.689. The summed E-state index contributed by atoms with van der Waals surface area (Å²) < 4.78 is 1.99. The Morgan fingerprint density at radius 1 is 0.958 bits per heavy atom. The molecule has 2 aromatic carbocycles. The second-order valence-electron chi connectivity index (χ2n) is 6.10. The highest BCUT2D eigenvalue weighted by Gasteiger charge is 2.20. The number of carbonyl (C=O) groups is 1. The van der Waals surface area contributed by atoms with E-state index < -0.39 is 0 Å². The van der Waals surface area contributed by atoms with E-state index in [-0.39, 0.29) is 22.8 Å². The quantitative estimate of drug-likeness (QED) is 0.383. The molecule has 0 bridgehead atoms. The second kappa shape index (κ2) is 6.70. The molecule has 1 aromatic heterocycles. The molecule has 3 heteroatoms. The summed E-state index contributed by atoms with van der Waals surface area (Å²) in [5.74, 6) is 0.156. The van der Waals surface area contributed by atoms with E-state index in [9.17, 15) is 4.79 Å². The van der Waals surface area contributed by atoms with Crippen molar-refractivity contribution in [3.05, 3.63) is 89.2 Å². The van der Waals surface area contributed by atoms with Crippen LogP contribution in [-0.2, 0) is 13.0 Å². The Hall–Kier alpha value is -2.26. The average Bonchev–Trinajstić information content (AvgIpc) is 2.94. The molecule has 0 saturated carbocycles. The van der Waals surface area contributed by atoms with Gasteiger partial charge in [0.1, 0.15) is 0 Å². The second-order valence-corrected chi connectivity index (χ2v) is 6.10. The van der Waals surface area contributed by atoms with Gasteiger partial charge in [0.25, 0.3) is 0 Å². The number of Topliss-reactive ketones (excluding diaryl/α,β-unsaturated/α-hetero) is 1. The van der Waals surface area contributed by atoms with Crippen molar-refractivity contribution in [3.63, 3.8) is 0 Å². The van der Waals surface area contributed by atoms with Gasteiger partial charge in [-0.05, 0) is 34.7 Å². The van der Waals surface area contributed by atoms with Gasteiger partial charge in [-0.25, -0.2) is 0 Å². The smallest absolute Gasteiger partial charge is 0.227 e. The molecule has 1 heterocycles. The van der Waals surface area contributed by atoms with Crippen molar-refractivity contribution in [1.29, 1.82) is 0 Å². The van der Waals surface area contributed by atoms with Crippen molar-refractivity contribution < 1.29 is 9.36 Å². The highest BCUT2D eigenvalue weighted by Crippen LogP contribution is 2.36. The van der Waals surface area contributed by atoms with E-state index in [1.807, 2.05) is 42.0 Å². The zero-order valence-electron chi connectivity index (χ0n) is 13.5. The number of benzene rings is 2. The molecular formula is C21H19BrNO+. The van der Waals surface area contributed by atoms with Crippen LogP contribution < -0.4 is 4.57 Å². The topological polar surface area (TPSA) is 20.9 Å². The maximum atomic E-state index is 12.6. The van der Waals surface area contributed by atoms with Crippen LogP contribution in [0.15, 0.2) is 66.9 Å². The number of fused-ring (bicyclic) bond motifs is 3. The Morgan fingerprint density at radius 2 is 1.71 bits per heavy atom. The van der Waals surface area contributed by atoms with Gasteiger partial charge in [0, 0.05) is 24.6 Å². The van der Waals surface area contributed by atoms with Crippen molar-refractivity contribution in [3.8, 4) is 11.1 Å². The molecule has 0 radical (unpaired) electrons. The maximum absolute atomic E-state index is 12.6. The number of aryl methyl sites for hydroxylation is 1. The third-order valence-corrected chi connectivity index (χ3v) is 4.60. The third-order valence-electron chi connectivity index (χ3n) is 4.60. The minimum atomic E-state index is 0. The first kappa shape index (κ1) is 16.6. The standard InChI is InChI=1S/C21H18NO.BrH/c1-15-6-4-5-11-22(15)14-21(23)17-9-10-20-18(13-17)12-16-7-2-3-8-19(16)20;/h2-11,13H,12,14H2,1H3;1H/q+1;. The zero-order valence-corrected chi connectivity index (χ0v) is 15.2. The predicted molar refractivity (Wildman–Crippen MR) is 101 cm³/mol. The predicted octanol–water partition coefficient (Wildman–Crippen LogP) is 4.31. The van der Waals surface area contributed by atoms with Gasteiger partial charge in [-0.1, -0.05) is 42.5 Å². The highest BCUT2D eigenvalue weighted by atomic mass is 79.9. The molecule has 0 spiro atoms. The Balaban J connectivity index is 0.00000169. The van der Waals surface area contributed by atoms with Crippen LogP contribution >= 0.6 is 17.0 Å². The molecule has 0 aliphatic heterocycles. The van der Waals surface area contributed by atoms with E-state index >= 15 is 0 Å². The fourth-order valence-electron chi connectivity index (χ4n) is 3.30. The van der Waals surface area contributed by atoms with Crippen molar-refractivity contribution >= 4 is 22.8 Å². The molecule has 2 nitrogen and oxygen atoms in total. The van der Waals surface area contributed by atoms with Gasteiger partial charge >= 0.3 is 0 Å². The van der Waals surface area contributed by atoms with E-state index in [0.717, 1.165) is 17.7 Å².